The molecule has 14 heavy (non-hydrogen) atoms. The Kier molecular flexibility index (Phi) is 2.10. The van der Waals surface area contributed by atoms with Crippen LogP contribution >= 0.6 is 15.9 Å². The van der Waals surface area contributed by atoms with Crippen molar-refractivity contribution in [1.29, 1.82) is 0 Å². The van der Waals surface area contributed by atoms with E-state index in [0.29, 0.717) is 0 Å². The highest BCUT2D eigenvalue weighted by molar-refractivity contribution is 9.09. The van der Waals surface area contributed by atoms with Gasteiger partial charge in [0.05, 0.1) is 9.25 Å². The second-order valence-corrected chi connectivity index (χ2v) is 5.24. The molecule has 0 aliphatic heterocycles. The SMILES string of the molecule is Cc1ccc(C2(Br)CC2)cc1[N+](=O)[O-]. The molecule has 0 bridgehead atoms. The number of hydrogen-bond acceptors (Lipinski definition) is 2. The van der Waals surface area contributed by atoms with Crippen LogP contribution in [0.25, 0.3) is 0 Å². The number of nitro groups is 1. The van der Waals surface area contributed by atoms with Crippen LogP contribution in [0.15, 0.2) is 18.2 Å². The van der Waals surface area contributed by atoms with Crippen LogP contribution in [-0.4, -0.2) is 4.92 Å². The van der Waals surface area contributed by atoms with Crippen LogP contribution in [-0.2, 0) is 4.32 Å². The predicted molar refractivity (Wildman–Crippen MR) is 57.7 cm³/mol. The molecule has 4 heteroatoms. The molecule has 1 aromatic carbocycles. The van der Waals surface area contributed by atoms with E-state index in [0.717, 1.165) is 24.0 Å². The second-order valence-electron chi connectivity index (χ2n) is 3.72. The molecule has 0 spiro atoms. The van der Waals surface area contributed by atoms with Crippen molar-refractivity contribution < 1.29 is 4.92 Å². The maximum atomic E-state index is 10.7. The lowest BCUT2D eigenvalue weighted by Crippen LogP contribution is -1.98. The summed E-state index contributed by atoms with van der Waals surface area (Å²) < 4.78 is 0.0193. The third-order valence-corrected chi connectivity index (χ3v) is 3.86. The first-order valence-electron chi connectivity index (χ1n) is 4.47. The average Bonchev–Trinajstić information content (AvgIpc) is 2.85. The Bertz CT molecular complexity index is 399. The van der Waals surface area contributed by atoms with Crippen LogP contribution in [0.2, 0.25) is 0 Å². The molecule has 1 aromatic rings. The van der Waals surface area contributed by atoms with E-state index in [1.807, 2.05) is 12.1 Å². The highest BCUT2D eigenvalue weighted by Gasteiger charge is 2.42. The van der Waals surface area contributed by atoms with Crippen molar-refractivity contribution >= 4 is 21.6 Å². The lowest BCUT2D eigenvalue weighted by molar-refractivity contribution is -0.385. The molecule has 74 valence electrons. The monoisotopic (exact) mass is 255 g/mol. The molecule has 0 amide bonds. The van der Waals surface area contributed by atoms with Crippen LogP contribution in [0.3, 0.4) is 0 Å². The Morgan fingerprint density at radius 1 is 1.50 bits per heavy atom. The molecule has 0 unspecified atom stereocenters. The summed E-state index contributed by atoms with van der Waals surface area (Å²) in [7, 11) is 0. The number of hydrogen-bond donors (Lipinski definition) is 0. The van der Waals surface area contributed by atoms with Gasteiger partial charge in [-0.05, 0) is 25.3 Å². The number of rotatable bonds is 2. The Morgan fingerprint density at radius 3 is 2.64 bits per heavy atom. The maximum absolute atomic E-state index is 10.7. The molecule has 1 saturated carbocycles. The van der Waals surface area contributed by atoms with Gasteiger partial charge in [0, 0.05) is 11.6 Å². The highest BCUT2D eigenvalue weighted by atomic mass is 79.9. The van der Waals surface area contributed by atoms with Gasteiger partial charge < -0.3 is 0 Å². The van der Waals surface area contributed by atoms with Crippen molar-refractivity contribution in [3.63, 3.8) is 0 Å². The van der Waals surface area contributed by atoms with Gasteiger partial charge in [-0.1, -0.05) is 28.1 Å². The van der Waals surface area contributed by atoms with Crippen LogP contribution in [0, 0.1) is 17.0 Å². The van der Waals surface area contributed by atoms with Crippen molar-refractivity contribution in [3.8, 4) is 0 Å². The van der Waals surface area contributed by atoms with Crippen LogP contribution < -0.4 is 0 Å². The summed E-state index contributed by atoms with van der Waals surface area (Å²) in [4.78, 5) is 10.4. The molecule has 1 fully saturated rings. The number of aryl methyl sites for hydroxylation is 1. The average molecular weight is 256 g/mol. The maximum Gasteiger partial charge on any atom is 0.272 e. The van der Waals surface area contributed by atoms with Gasteiger partial charge in [-0.15, -0.1) is 0 Å². The van der Waals surface area contributed by atoms with E-state index in [1.165, 1.54) is 0 Å². The minimum Gasteiger partial charge on any atom is -0.258 e. The fourth-order valence-corrected chi connectivity index (χ4v) is 1.93. The lowest BCUT2D eigenvalue weighted by atomic mass is 10.1. The molecule has 1 aliphatic carbocycles. The third-order valence-electron chi connectivity index (χ3n) is 2.61. The van der Waals surface area contributed by atoms with E-state index in [1.54, 1.807) is 13.0 Å². The van der Waals surface area contributed by atoms with E-state index < -0.39 is 0 Å². The number of nitro benzene ring substituents is 1. The van der Waals surface area contributed by atoms with Crippen molar-refractivity contribution in [2.24, 2.45) is 0 Å². The first-order chi connectivity index (χ1) is 6.53. The number of halogens is 1. The first-order valence-corrected chi connectivity index (χ1v) is 5.27. The lowest BCUT2D eigenvalue weighted by Gasteiger charge is -2.07. The van der Waals surface area contributed by atoms with Gasteiger partial charge in [-0.2, -0.15) is 0 Å². The zero-order valence-corrected chi connectivity index (χ0v) is 9.37. The van der Waals surface area contributed by atoms with Crippen molar-refractivity contribution in [3.05, 3.63) is 39.4 Å². The standard InChI is InChI=1S/C10H10BrNO2/c1-7-2-3-8(10(11)4-5-10)6-9(7)12(13)14/h2-3,6H,4-5H2,1H3. The minimum absolute atomic E-state index is 0.0193. The molecule has 0 heterocycles. The summed E-state index contributed by atoms with van der Waals surface area (Å²) in [5.74, 6) is 0. The fraction of sp³-hybridized carbons (Fsp3) is 0.400. The number of alkyl halides is 1. The summed E-state index contributed by atoms with van der Waals surface area (Å²) in [6.45, 7) is 1.76. The smallest absolute Gasteiger partial charge is 0.258 e. The van der Waals surface area contributed by atoms with E-state index in [9.17, 15) is 10.1 Å². The zero-order chi connectivity index (χ0) is 10.3. The van der Waals surface area contributed by atoms with Crippen molar-refractivity contribution in [2.75, 3.05) is 0 Å². The Morgan fingerprint density at radius 2 is 2.14 bits per heavy atom. The van der Waals surface area contributed by atoms with E-state index in [-0.39, 0.29) is 14.9 Å². The molecule has 3 nitrogen and oxygen atoms in total. The minimum atomic E-state index is -0.322. The summed E-state index contributed by atoms with van der Waals surface area (Å²) in [6, 6.07) is 5.45. The van der Waals surface area contributed by atoms with Gasteiger partial charge in [0.1, 0.15) is 0 Å². The van der Waals surface area contributed by atoms with Gasteiger partial charge in [-0.25, -0.2) is 0 Å². The van der Waals surface area contributed by atoms with Gasteiger partial charge in [0.15, 0.2) is 0 Å². The Hall–Kier alpha value is -0.900. The van der Waals surface area contributed by atoms with E-state index in [4.69, 9.17) is 0 Å². The fourth-order valence-electron chi connectivity index (χ4n) is 1.48. The van der Waals surface area contributed by atoms with Crippen LogP contribution in [0.1, 0.15) is 24.0 Å². The van der Waals surface area contributed by atoms with Crippen LogP contribution in [0.5, 0.6) is 0 Å². The molecule has 0 atom stereocenters. The molecule has 2 rings (SSSR count). The molecule has 0 radical (unpaired) electrons. The topological polar surface area (TPSA) is 43.1 Å². The third kappa shape index (κ3) is 1.54. The van der Waals surface area contributed by atoms with Crippen molar-refractivity contribution in [1.82, 2.24) is 0 Å². The van der Waals surface area contributed by atoms with Gasteiger partial charge in [0.2, 0.25) is 0 Å². The molecule has 1 aliphatic rings. The van der Waals surface area contributed by atoms with Gasteiger partial charge in [-0.3, -0.25) is 10.1 Å². The first kappa shape index (κ1) is 9.65. The summed E-state index contributed by atoms with van der Waals surface area (Å²) in [6.07, 6.45) is 2.13. The molecule has 0 N–H and O–H groups in total. The van der Waals surface area contributed by atoms with Crippen LogP contribution in [0.4, 0.5) is 5.69 Å². The quantitative estimate of drug-likeness (QED) is 0.463. The largest absolute Gasteiger partial charge is 0.272 e. The molecule has 0 aromatic heterocycles. The summed E-state index contributed by atoms with van der Waals surface area (Å²) in [5.41, 5.74) is 1.96. The predicted octanol–water partition coefficient (Wildman–Crippen LogP) is 3.29. The number of benzene rings is 1. The highest BCUT2D eigenvalue weighted by Crippen LogP contribution is 2.54. The van der Waals surface area contributed by atoms with Crippen molar-refractivity contribution in [2.45, 2.75) is 24.1 Å². The normalized spacial score (nSPS) is 17.9. The van der Waals surface area contributed by atoms with Gasteiger partial charge >= 0.3 is 0 Å². The summed E-state index contributed by atoms with van der Waals surface area (Å²) in [5, 5.41) is 10.7. The molecular formula is C10H10BrNO2. The summed E-state index contributed by atoms with van der Waals surface area (Å²) >= 11 is 3.58. The van der Waals surface area contributed by atoms with Gasteiger partial charge in [0.25, 0.3) is 5.69 Å². The Labute approximate surface area is 90.4 Å². The number of nitrogens with zero attached hydrogens (tertiary/aromatic N) is 1. The Balaban J connectivity index is 2.46. The van der Waals surface area contributed by atoms with E-state index >= 15 is 0 Å². The zero-order valence-electron chi connectivity index (χ0n) is 7.79. The molecule has 0 saturated heterocycles. The van der Waals surface area contributed by atoms with E-state index in [2.05, 4.69) is 15.9 Å². The second kappa shape index (κ2) is 3.05. The molecular weight excluding hydrogens is 246 g/mol.